The van der Waals surface area contributed by atoms with Crippen LogP contribution in [0.15, 0.2) is 30.6 Å². The Labute approximate surface area is 136 Å². The van der Waals surface area contributed by atoms with Crippen molar-refractivity contribution < 1.29 is 9.90 Å². The molecule has 0 saturated heterocycles. The third-order valence-electron chi connectivity index (χ3n) is 4.61. The van der Waals surface area contributed by atoms with Gasteiger partial charge in [0.05, 0.1) is 23.6 Å². The van der Waals surface area contributed by atoms with E-state index in [0.29, 0.717) is 5.56 Å². The van der Waals surface area contributed by atoms with Crippen molar-refractivity contribution in [3.63, 3.8) is 0 Å². The number of hydrogen-bond acceptors (Lipinski definition) is 3. The summed E-state index contributed by atoms with van der Waals surface area (Å²) in [6.07, 6.45) is 6.54. The standard InChI is InChI=1S/C18H23N3O2/c1-12-10-17(13(2)21(12)15-4-3-9-19-11-15)18(23)20-14-5-7-16(22)8-6-14/h3-4,9-11,14,16,22H,5-8H2,1-2H3,(H,20,23). The summed E-state index contributed by atoms with van der Waals surface area (Å²) in [5.74, 6) is -0.0327. The normalized spacial score (nSPS) is 21.2. The van der Waals surface area contributed by atoms with E-state index in [0.717, 1.165) is 42.8 Å². The molecule has 1 fully saturated rings. The molecule has 0 radical (unpaired) electrons. The van der Waals surface area contributed by atoms with Gasteiger partial charge in [0.15, 0.2) is 0 Å². The Balaban J connectivity index is 1.79. The molecule has 1 saturated carbocycles. The maximum atomic E-state index is 12.6. The number of amides is 1. The van der Waals surface area contributed by atoms with Crippen molar-refractivity contribution in [3.8, 4) is 5.69 Å². The van der Waals surface area contributed by atoms with E-state index in [1.54, 1.807) is 12.4 Å². The second-order valence-corrected chi connectivity index (χ2v) is 6.31. The van der Waals surface area contributed by atoms with Gasteiger partial charge in [-0.1, -0.05) is 0 Å². The summed E-state index contributed by atoms with van der Waals surface area (Å²) in [7, 11) is 0. The van der Waals surface area contributed by atoms with Gasteiger partial charge in [-0.2, -0.15) is 0 Å². The van der Waals surface area contributed by atoms with E-state index in [9.17, 15) is 9.90 Å². The van der Waals surface area contributed by atoms with Crippen LogP contribution in [0.2, 0.25) is 0 Å². The van der Waals surface area contributed by atoms with E-state index in [1.165, 1.54) is 0 Å². The molecule has 23 heavy (non-hydrogen) atoms. The van der Waals surface area contributed by atoms with E-state index in [-0.39, 0.29) is 18.1 Å². The number of aliphatic hydroxyl groups is 1. The number of hydrogen-bond donors (Lipinski definition) is 2. The number of aryl methyl sites for hydroxylation is 1. The molecule has 2 aromatic rings. The van der Waals surface area contributed by atoms with Gasteiger partial charge < -0.3 is 15.0 Å². The predicted molar refractivity (Wildman–Crippen MR) is 88.8 cm³/mol. The second-order valence-electron chi connectivity index (χ2n) is 6.31. The average molecular weight is 313 g/mol. The summed E-state index contributed by atoms with van der Waals surface area (Å²) < 4.78 is 2.05. The van der Waals surface area contributed by atoms with Crippen LogP contribution in [-0.2, 0) is 0 Å². The van der Waals surface area contributed by atoms with Gasteiger partial charge in [0.2, 0.25) is 0 Å². The van der Waals surface area contributed by atoms with Gasteiger partial charge in [-0.25, -0.2) is 0 Å². The number of rotatable bonds is 3. The second kappa shape index (κ2) is 6.54. The number of carbonyl (C=O) groups is 1. The number of aliphatic hydroxyl groups excluding tert-OH is 1. The van der Waals surface area contributed by atoms with Gasteiger partial charge in [0.25, 0.3) is 5.91 Å². The first-order valence-electron chi connectivity index (χ1n) is 8.14. The van der Waals surface area contributed by atoms with E-state index >= 15 is 0 Å². The molecule has 5 heteroatoms. The molecule has 2 N–H and O–H groups in total. The zero-order valence-electron chi connectivity index (χ0n) is 13.6. The van der Waals surface area contributed by atoms with Crippen LogP contribution in [0.5, 0.6) is 0 Å². The van der Waals surface area contributed by atoms with Crippen molar-refractivity contribution in [1.82, 2.24) is 14.9 Å². The lowest BCUT2D eigenvalue weighted by Crippen LogP contribution is -2.38. The zero-order chi connectivity index (χ0) is 16.4. The van der Waals surface area contributed by atoms with Crippen LogP contribution in [-0.4, -0.2) is 32.7 Å². The van der Waals surface area contributed by atoms with Crippen LogP contribution in [0, 0.1) is 13.8 Å². The average Bonchev–Trinajstić information content (AvgIpc) is 2.85. The molecule has 0 aromatic carbocycles. The van der Waals surface area contributed by atoms with E-state index in [1.807, 2.05) is 36.6 Å². The number of nitrogens with zero attached hydrogens (tertiary/aromatic N) is 2. The smallest absolute Gasteiger partial charge is 0.253 e. The molecule has 0 atom stereocenters. The Kier molecular flexibility index (Phi) is 4.48. The van der Waals surface area contributed by atoms with Crippen LogP contribution in [0.25, 0.3) is 5.69 Å². The molecule has 0 unspecified atom stereocenters. The van der Waals surface area contributed by atoms with E-state index < -0.39 is 0 Å². The summed E-state index contributed by atoms with van der Waals surface area (Å²) in [4.78, 5) is 16.8. The molecule has 1 amide bonds. The van der Waals surface area contributed by atoms with Crippen molar-refractivity contribution in [2.75, 3.05) is 0 Å². The first-order chi connectivity index (χ1) is 11.1. The Bertz CT molecular complexity index is 686. The fourth-order valence-corrected chi connectivity index (χ4v) is 3.36. The Morgan fingerprint density at radius 3 is 2.70 bits per heavy atom. The fraction of sp³-hybridized carbons (Fsp3) is 0.444. The molecule has 1 aliphatic rings. The molecule has 0 bridgehead atoms. The molecular formula is C18H23N3O2. The monoisotopic (exact) mass is 313 g/mol. The highest BCUT2D eigenvalue weighted by Gasteiger charge is 2.23. The van der Waals surface area contributed by atoms with Crippen LogP contribution in [0.4, 0.5) is 0 Å². The molecule has 0 aliphatic heterocycles. The van der Waals surface area contributed by atoms with Crippen molar-refractivity contribution in [2.24, 2.45) is 0 Å². The maximum absolute atomic E-state index is 12.6. The molecular weight excluding hydrogens is 290 g/mol. The maximum Gasteiger partial charge on any atom is 0.253 e. The number of aromatic nitrogens is 2. The highest BCUT2D eigenvalue weighted by atomic mass is 16.3. The molecule has 3 rings (SSSR count). The van der Waals surface area contributed by atoms with Gasteiger partial charge in [-0.05, 0) is 57.7 Å². The molecule has 0 spiro atoms. The minimum absolute atomic E-state index is 0.0327. The minimum Gasteiger partial charge on any atom is -0.393 e. The molecule has 2 heterocycles. The lowest BCUT2D eigenvalue weighted by atomic mass is 9.93. The summed E-state index contributed by atoms with van der Waals surface area (Å²) >= 11 is 0. The highest BCUT2D eigenvalue weighted by molar-refractivity contribution is 5.96. The quantitative estimate of drug-likeness (QED) is 0.915. The van der Waals surface area contributed by atoms with Gasteiger partial charge in [-0.3, -0.25) is 9.78 Å². The number of nitrogens with one attached hydrogen (secondary N) is 1. The highest BCUT2D eigenvalue weighted by Crippen LogP contribution is 2.22. The van der Waals surface area contributed by atoms with Crippen LogP contribution in [0.1, 0.15) is 47.4 Å². The number of carbonyl (C=O) groups excluding carboxylic acids is 1. The zero-order valence-corrected chi connectivity index (χ0v) is 13.6. The Morgan fingerprint density at radius 1 is 1.30 bits per heavy atom. The summed E-state index contributed by atoms with van der Waals surface area (Å²) in [6, 6.07) is 5.96. The third kappa shape index (κ3) is 3.29. The van der Waals surface area contributed by atoms with Crippen LogP contribution >= 0.6 is 0 Å². The summed E-state index contributed by atoms with van der Waals surface area (Å²) in [5.41, 5.74) is 3.60. The fourth-order valence-electron chi connectivity index (χ4n) is 3.36. The van der Waals surface area contributed by atoms with Gasteiger partial charge in [0.1, 0.15) is 0 Å². The topological polar surface area (TPSA) is 67.2 Å². The van der Waals surface area contributed by atoms with Crippen molar-refractivity contribution in [2.45, 2.75) is 51.7 Å². The van der Waals surface area contributed by atoms with Crippen molar-refractivity contribution in [1.29, 1.82) is 0 Å². The lowest BCUT2D eigenvalue weighted by molar-refractivity contribution is 0.0867. The first kappa shape index (κ1) is 15.7. The SMILES string of the molecule is Cc1cc(C(=O)NC2CCC(O)CC2)c(C)n1-c1cccnc1. The predicted octanol–water partition coefficient (Wildman–Crippen LogP) is 2.52. The van der Waals surface area contributed by atoms with Gasteiger partial charge >= 0.3 is 0 Å². The molecule has 5 nitrogen and oxygen atoms in total. The third-order valence-corrected chi connectivity index (χ3v) is 4.61. The van der Waals surface area contributed by atoms with E-state index in [2.05, 4.69) is 10.3 Å². The Hall–Kier alpha value is -2.14. The molecule has 2 aromatic heterocycles. The molecule has 1 aliphatic carbocycles. The first-order valence-corrected chi connectivity index (χ1v) is 8.14. The van der Waals surface area contributed by atoms with Gasteiger partial charge in [0, 0.05) is 23.6 Å². The molecule has 122 valence electrons. The number of pyridine rings is 1. The van der Waals surface area contributed by atoms with Crippen molar-refractivity contribution in [3.05, 3.63) is 47.5 Å². The summed E-state index contributed by atoms with van der Waals surface area (Å²) in [5, 5.41) is 12.7. The van der Waals surface area contributed by atoms with Crippen LogP contribution < -0.4 is 5.32 Å². The van der Waals surface area contributed by atoms with Crippen LogP contribution in [0.3, 0.4) is 0 Å². The largest absolute Gasteiger partial charge is 0.393 e. The van der Waals surface area contributed by atoms with Crippen molar-refractivity contribution >= 4 is 5.91 Å². The summed E-state index contributed by atoms with van der Waals surface area (Å²) in [6.45, 7) is 3.95. The minimum atomic E-state index is -0.209. The van der Waals surface area contributed by atoms with E-state index in [4.69, 9.17) is 0 Å². The van der Waals surface area contributed by atoms with Gasteiger partial charge in [-0.15, -0.1) is 0 Å². The lowest BCUT2D eigenvalue weighted by Gasteiger charge is -2.26. The Morgan fingerprint density at radius 2 is 2.04 bits per heavy atom.